The number of anilines is 1. The van der Waals surface area contributed by atoms with Crippen molar-refractivity contribution in [2.24, 2.45) is 0 Å². The minimum atomic E-state index is -0.618. The van der Waals surface area contributed by atoms with E-state index in [1.54, 1.807) is 9.80 Å². The molecule has 2 aromatic carbocycles. The Hall–Kier alpha value is -3.39. The fourth-order valence-electron chi connectivity index (χ4n) is 5.05. The number of morpholine rings is 1. The van der Waals surface area contributed by atoms with Gasteiger partial charge in [-0.3, -0.25) is 9.59 Å². The van der Waals surface area contributed by atoms with Gasteiger partial charge in [-0.05, 0) is 61.1 Å². The molecule has 0 radical (unpaired) electrons. The number of amides is 4. The average Bonchev–Trinajstić information content (AvgIpc) is 2.95. The molecule has 2 N–H and O–H groups in total. The number of ether oxygens (including phenoxy) is 1. The van der Waals surface area contributed by atoms with Crippen molar-refractivity contribution in [3.63, 3.8) is 0 Å². The van der Waals surface area contributed by atoms with Gasteiger partial charge in [-0.1, -0.05) is 24.3 Å². The molecule has 2 saturated heterocycles. The van der Waals surface area contributed by atoms with Gasteiger partial charge in [0.05, 0.1) is 24.5 Å². The van der Waals surface area contributed by atoms with Crippen LogP contribution >= 0.6 is 0 Å². The number of hydrogen-bond acceptors (Lipinski definition) is 4. The minimum absolute atomic E-state index is 0.136. The van der Waals surface area contributed by atoms with Crippen molar-refractivity contribution in [1.82, 2.24) is 15.1 Å². The summed E-state index contributed by atoms with van der Waals surface area (Å²) in [7, 11) is 0. The molecule has 2 atom stereocenters. The lowest BCUT2D eigenvalue weighted by atomic mass is 9.94. The van der Waals surface area contributed by atoms with Crippen molar-refractivity contribution in [3.8, 4) is 11.1 Å². The maximum absolute atomic E-state index is 13.6. The number of carbonyl (C=O) groups is 3. The van der Waals surface area contributed by atoms with Crippen LogP contribution in [0.3, 0.4) is 0 Å². The summed E-state index contributed by atoms with van der Waals surface area (Å²) >= 11 is 0. The van der Waals surface area contributed by atoms with Crippen LogP contribution in [-0.4, -0.2) is 72.6 Å². The summed E-state index contributed by atoms with van der Waals surface area (Å²) in [5.74, 6) is -0.361. The van der Waals surface area contributed by atoms with E-state index in [-0.39, 0.29) is 23.9 Å². The smallest absolute Gasteiger partial charge is 0.317 e. The third-order valence-electron chi connectivity index (χ3n) is 7.22. The number of aryl methyl sites for hydroxylation is 1. The summed E-state index contributed by atoms with van der Waals surface area (Å²) in [6.07, 6.45) is 1.00. The molecule has 2 aromatic rings. The average molecular weight is 463 g/mol. The van der Waals surface area contributed by atoms with Gasteiger partial charge in [-0.25, -0.2) is 4.79 Å². The third kappa shape index (κ3) is 4.14. The molecule has 3 aliphatic heterocycles. The normalized spacial score (nSPS) is 22.4. The molecule has 178 valence electrons. The quantitative estimate of drug-likeness (QED) is 0.718. The summed E-state index contributed by atoms with van der Waals surface area (Å²) in [6, 6.07) is 10.9. The van der Waals surface area contributed by atoms with Gasteiger partial charge in [0.1, 0.15) is 6.04 Å². The number of nitrogens with one attached hydrogen (secondary N) is 2. The molecular weight excluding hydrogens is 432 g/mol. The number of benzene rings is 2. The van der Waals surface area contributed by atoms with E-state index in [0.717, 1.165) is 11.1 Å². The monoisotopic (exact) mass is 462 g/mol. The van der Waals surface area contributed by atoms with Crippen molar-refractivity contribution in [3.05, 3.63) is 53.1 Å². The van der Waals surface area contributed by atoms with Crippen molar-refractivity contribution in [1.29, 1.82) is 0 Å². The van der Waals surface area contributed by atoms with Gasteiger partial charge in [0.2, 0.25) is 5.91 Å². The fourth-order valence-corrected chi connectivity index (χ4v) is 5.05. The molecule has 8 nitrogen and oxygen atoms in total. The molecule has 0 spiro atoms. The van der Waals surface area contributed by atoms with E-state index < -0.39 is 6.04 Å². The maximum atomic E-state index is 13.6. The standard InChI is InChI=1S/C26H30N4O4/c1-16-4-3-5-20(17(16)2)18-6-7-22-21(14-18)25(32)30-9-8-19(15-23(30)24(31)28-22)27-26(33)29-10-12-34-13-11-29/h3-7,14,19,23H,8-13,15H2,1-2H3,(H,27,33)(H,28,31)/t19-,23-/m0/s1. The first-order valence-corrected chi connectivity index (χ1v) is 11.9. The molecule has 0 saturated carbocycles. The number of urea groups is 1. The molecule has 3 aliphatic rings. The minimum Gasteiger partial charge on any atom is -0.378 e. The number of carbonyl (C=O) groups excluding carboxylic acids is 3. The number of hydrogen-bond donors (Lipinski definition) is 2. The van der Waals surface area contributed by atoms with Gasteiger partial charge in [-0.15, -0.1) is 0 Å². The summed E-state index contributed by atoms with van der Waals surface area (Å²) in [5.41, 5.74) is 5.42. The lowest BCUT2D eigenvalue weighted by Gasteiger charge is -2.38. The van der Waals surface area contributed by atoms with E-state index in [4.69, 9.17) is 4.74 Å². The van der Waals surface area contributed by atoms with E-state index in [9.17, 15) is 14.4 Å². The number of fused-ring (bicyclic) bond motifs is 2. The van der Waals surface area contributed by atoms with Gasteiger partial charge in [0.15, 0.2) is 0 Å². The second kappa shape index (κ2) is 9.10. The van der Waals surface area contributed by atoms with Crippen LogP contribution in [0, 0.1) is 13.8 Å². The highest BCUT2D eigenvalue weighted by Crippen LogP contribution is 2.33. The lowest BCUT2D eigenvalue weighted by molar-refractivity contribution is -0.121. The topological polar surface area (TPSA) is 91.0 Å². The molecule has 8 heteroatoms. The largest absolute Gasteiger partial charge is 0.378 e. The van der Waals surface area contributed by atoms with Crippen LogP contribution in [0.25, 0.3) is 11.1 Å². The van der Waals surface area contributed by atoms with Crippen molar-refractivity contribution in [2.45, 2.75) is 38.8 Å². The number of piperidine rings is 1. The van der Waals surface area contributed by atoms with E-state index in [1.807, 2.05) is 24.3 Å². The van der Waals surface area contributed by atoms with Gasteiger partial charge < -0.3 is 25.2 Å². The third-order valence-corrected chi connectivity index (χ3v) is 7.22. The highest BCUT2D eigenvalue weighted by Gasteiger charge is 2.40. The second-order valence-electron chi connectivity index (χ2n) is 9.28. The highest BCUT2D eigenvalue weighted by molar-refractivity contribution is 6.10. The Morgan fingerprint density at radius 3 is 2.65 bits per heavy atom. The van der Waals surface area contributed by atoms with E-state index in [2.05, 4.69) is 36.6 Å². The first-order chi connectivity index (χ1) is 16.4. The Morgan fingerprint density at radius 1 is 1.06 bits per heavy atom. The summed E-state index contributed by atoms with van der Waals surface area (Å²) < 4.78 is 5.31. The summed E-state index contributed by atoms with van der Waals surface area (Å²) in [5, 5.41) is 6.01. The van der Waals surface area contributed by atoms with Gasteiger partial charge in [0.25, 0.3) is 5.91 Å². The Balaban J connectivity index is 1.36. The molecule has 2 fully saturated rings. The predicted molar refractivity (Wildman–Crippen MR) is 129 cm³/mol. The second-order valence-corrected chi connectivity index (χ2v) is 9.28. The fraction of sp³-hybridized carbons (Fsp3) is 0.423. The van der Waals surface area contributed by atoms with Crippen LogP contribution in [0.15, 0.2) is 36.4 Å². The Kier molecular flexibility index (Phi) is 6.00. The molecule has 5 rings (SSSR count). The zero-order valence-electron chi connectivity index (χ0n) is 19.6. The van der Waals surface area contributed by atoms with Crippen LogP contribution in [-0.2, 0) is 9.53 Å². The van der Waals surface area contributed by atoms with Crippen molar-refractivity contribution in [2.75, 3.05) is 38.2 Å². The number of nitrogens with zero attached hydrogens (tertiary/aromatic N) is 2. The first kappa shape index (κ1) is 22.4. The van der Waals surface area contributed by atoms with E-state index >= 15 is 0 Å². The van der Waals surface area contributed by atoms with Gasteiger partial charge >= 0.3 is 6.03 Å². The van der Waals surface area contributed by atoms with E-state index in [1.165, 1.54) is 11.1 Å². The molecule has 0 unspecified atom stereocenters. The van der Waals surface area contributed by atoms with E-state index in [0.29, 0.717) is 56.9 Å². The van der Waals surface area contributed by atoms with Gasteiger partial charge in [0, 0.05) is 25.7 Å². The molecule has 34 heavy (non-hydrogen) atoms. The zero-order valence-corrected chi connectivity index (χ0v) is 19.6. The van der Waals surface area contributed by atoms with Gasteiger partial charge in [-0.2, -0.15) is 0 Å². The molecule has 0 bridgehead atoms. The van der Waals surface area contributed by atoms with Crippen molar-refractivity contribution < 1.29 is 19.1 Å². The van der Waals surface area contributed by atoms with Crippen LogP contribution in [0.5, 0.6) is 0 Å². The molecule has 0 aromatic heterocycles. The Morgan fingerprint density at radius 2 is 1.85 bits per heavy atom. The number of rotatable bonds is 2. The predicted octanol–water partition coefficient (Wildman–Crippen LogP) is 2.94. The SMILES string of the molecule is Cc1cccc(-c2ccc3c(c2)C(=O)N2CC[C@H](NC(=O)N4CCOCC4)C[C@H]2C(=O)N3)c1C. The Bertz CT molecular complexity index is 1140. The molecule has 4 amide bonds. The van der Waals surface area contributed by atoms with Crippen LogP contribution in [0.4, 0.5) is 10.5 Å². The highest BCUT2D eigenvalue weighted by atomic mass is 16.5. The maximum Gasteiger partial charge on any atom is 0.317 e. The van der Waals surface area contributed by atoms with Crippen LogP contribution in [0.2, 0.25) is 0 Å². The Labute approximate surface area is 199 Å². The van der Waals surface area contributed by atoms with Crippen LogP contribution in [0.1, 0.15) is 34.3 Å². The van der Waals surface area contributed by atoms with Crippen molar-refractivity contribution >= 4 is 23.5 Å². The summed E-state index contributed by atoms with van der Waals surface area (Å²) in [4.78, 5) is 42.7. The molecule has 0 aliphatic carbocycles. The zero-order chi connectivity index (χ0) is 23.8. The molecule has 3 heterocycles. The van der Waals surface area contributed by atoms with Crippen LogP contribution < -0.4 is 10.6 Å². The summed E-state index contributed by atoms with van der Waals surface area (Å²) in [6.45, 7) is 6.75. The lowest BCUT2D eigenvalue weighted by Crippen LogP contribution is -2.57. The molecular formula is C26H30N4O4. The first-order valence-electron chi connectivity index (χ1n) is 11.9.